The topological polar surface area (TPSA) is 46.9 Å². The molecule has 6 heteroatoms. The summed E-state index contributed by atoms with van der Waals surface area (Å²) >= 11 is 9.27. The Morgan fingerprint density at radius 1 is 1.47 bits per heavy atom. The summed E-state index contributed by atoms with van der Waals surface area (Å²) in [6.07, 6.45) is 1.61. The largest absolute Gasteiger partial charge is 0.307 e. The molecule has 1 heterocycles. The first-order valence-corrected chi connectivity index (χ1v) is 5.99. The molecule has 0 fully saturated rings. The maximum absolute atomic E-state index is 12.0. The highest BCUT2D eigenvalue weighted by atomic mass is 79.9. The Labute approximate surface area is 112 Å². The number of aryl methyl sites for hydroxylation is 1. The summed E-state index contributed by atoms with van der Waals surface area (Å²) in [4.78, 5) is 12.0. The van der Waals surface area contributed by atoms with Crippen LogP contribution in [0.3, 0.4) is 0 Å². The first-order chi connectivity index (χ1) is 8.08. The van der Waals surface area contributed by atoms with Gasteiger partial charge in [0.05, 0.1) is 16.8 Å². The van der Waals surface area contributed by atoms with E-state index in [2.05, 4.69) is 26.3 Å². The van der Waals surface area contributed by atoms with Crippen molar-refractivity contribution < 1.29 is 4.79 Å². The number of benzene rings is 1. The Morgan fingerprint density at radius 3 is 2.88 bits per heavy atom. The quantitative estimate of drug-likeness (QED) is 0.926. The van der Waals surface area contributed by atoms with E-state index in [0.29, 0.717) is 16.4 Å². The minimum absolute atomic E-state index is 0.264. The van der Waals surface area contributed by atoms with Gasteiger partial charge in [-0.25, -0.2) is 0 Å². The maximum Gasteiger partial charge on any atom is 0.258 e. The summed E-state index contributed by atoms with van der Waals surface area (Å²) in [6, 6.07) is 6.84. The molecule has 0 aliphatic heterocycles. The Bertz CT molecular complexity index is 568. The van der Waals surface area contributed by atoms with Crippen LogP contribution in [0.1, 0.15) is 10.4 Å². The third-order valence-electron chi connectivity index (χ3n) is 2.24. The van der Waals surface area contributed by atoms with Crippen molar-refractivity contribution in [2.75, 3.05) is 5.32 Å². The fourth-order valence-electron chi connectivity index (χ4n) is 1.35. The molecule has 0 bridgehead atoms. The second-order valence-corrected chi connectivity index (χ2v) is 4.74. The monoisotopic (exact) mass is 313 g/mol. The minimum Gasteiger partial charge on any atom is -0.307 e. The summed E-state index contributed by atoms with van der Waals surface area (Å²) in [5, 5.41) is 7.10. The van der Waals surface area contributed by atoms with Gasteiger partial charge in [-0.1, -0.05) is 27.5 Å². The smallest absolute Gasteiger partial charge is 0.258 e. The van der Waals surface area contributed by atoms with E-state index in [9.17, 15) is 4.79 Å². The van der Waals surface area contributed by atoms with Crippen LogP contribution in [-0.2, 0) is 7.05 Å². The van der Waals surface area contributed by atoms with Gasteiger partial charge in [-0.3, -0.25) is 9.48 Å². The van der Waals surface area contributed by atoms with Gasteiger partial charge in [0.15, 0.2) is 0 Å². The Hall–Kier alpha value is -1.33. The lowest BCUT2D eigenvalue weighted by Crippen LogP contribution is -2.15. The Kier molecular flexibility index (Phi) is 3.49. The molecular weight excluding hydrogens is 305 g/mol. The van der Waals surface area contributed by atoms with Crippen molar-refractivity contribution in [3.8, 4) is 0 Å². The molecule has 1 N–H and O–H groups in total. The van der Waals surface area contributed by atoms with E-state index in [4.69, 9.17) is 11.6 Å². The number of amides is 1. The number of aromatic nitrogens is 2. The summed E-state index contributed by atoms with van der Waals surface area (Å²) < 4.78 is 2.38. The van der Waals surface area contributed by atoms with Crippen LogP contribution in [0.4, 0.5) is 5.82 Å². The van der Waals surface area contributed by atoms with Gasteiger partial charge < -0.3 is 5.32 Å². The molecule has 88 valence electrons. The van der Waals surface area contributed by atoms with Gasteiger partial charge in [0.1, 0.15) is 5.82 Å². The van der Waals surface area contributed by atoms with Gasteiger partial charge in [-0.2, -0.15) is 5.10 Å². The fraction of sp³-hybridized carbons (Fsp3) is 0.0909. The van der Waals surface area contributed by atoms with Gasteiger partial charge in [0, 0.05) is 17.6 Å². The number of hydrogen-bond acceptors (Lipinski definition) is 2. The predicted octanol–water partition coefficient (Wildman–Crippen LogP) is 3.09. The number of carbonyl (C=O) groups is 1. The maximum atomic E-state index is 12.0. The molecule has 0 aliphatic rings. The summed E-state index contributed by atoms with van der Waals surface area (Å²) in [6.45, 7) is 0. The van der Waals surface area contributed by atoms with E-state index >= 15 is 0 Å². The highest BCUT2D eigenvalue weighted by Gasteiger charge is 2.12. The average Bonchev–Trinajstić information content (AvgIpc) is 2.68. The van der Waals surface area contributed by atoms with Crippen LogP contribution in [0.25, 0.3) is 0 Å². The zero-order chi connectivity index (χ0) is 12.4. The lowest BCUT2D eigenvalue weighted by atomic mass is 10.2. The third kappa shape index (κ3) is 2.68. The van der Waals surface area contributed by atoms with Gasteiger partial charge in [0.2, 0.25) is 0 Å². The zero-order valence-corrected chi connectivity index (χ0v) is 11.3. The van der Waals surface area contributed by atoms with Crippen LogP contribution in [0, 0.1) is 0 Å². The van der Waals surface area contributed by atoms with Gasteiger partial charge in [0.25, 0.3) is 5.91 Å². The molecule has 0 unspecified atom stereocenters. The van der Waals surface area contributed by atoms with Crippen LogP contribution in [0.2, 0.25) is 5.02 Å². The van der Waals surface area contributed by atoms with Crippen molar-refractivity contribution in [3.05, 3.63) is 45.5 Å². The highest BCUT2D eigenvalue weighted by Crippen LogP contribution is 2.22. The molecular formula is C11H9BrClN3O. The van der Waals surface area contributed by atoms with E-state index in [0.717, 1.165) is 4.47 Å². The number of rotatable bonds is 2. The van der Waals surface area contributed by atoms with Crippen LogP contribution in [0.5, 0.6) is 0 Å². The van der Waals surface area contributed by atoms with E-state index in [-0.39, 0.29) is 5.91 Å². The van der Waals surface area contributed by atoms with Crippen molar-refractivity contribution in [1.82, 2.24) is 9.78 Å². The van der Waals surface area contributed by atoms with Crippen molar-refractivity contribution in [2.45, 2.75) is 0 Å². The van der Waals surface area contributed by atoms with Crippen molar-refractivity contribution in [3.63, 3.8) is 0 Å². The summed E-state index contributed by atoms with van der Waals surface area (Å²) in [7, 11) is 1.75. The van der Waals surface area contributed by atoms with Gasteiger partial charge in [-0.05, 0) is 18.2 Å². The molecule has 2 aromatic rings. The predicted molar refractivity (Wildman–Crippen MR) is 70.3 cm³/mol. The molecule has 0 saturated heterocycles. The molecule has 0 saturated carbocycles. The lowest BCUT2D eigenvalue weighted by molar-refractivity contribution is 0.102. The van der Waals surface area contributed by atoms with Crippen LogP contribution in [-0.4, -0.2) is 15.7 Å². The van der Waals surface area contributed by atoms with Crippen LogP contribution < -0.4 is 5.32 Å². The number of nitrogens with zero attached hydrogens (tertiary/aromatic N) is 2. The van der Waals surface area contributed by atoms with E-state index in [1.54, 1.807) is 42.2 Å². The standard InChI is InChI=1S/C11H9BrClN3O/c1-16-10(4-5-14-16)15-11(17)8-6-7(12)2-3-9(8)13/h2-6H,1H3,(H,15,17). The molecule has 0 atom stereocenters. The second kappa shape index (κ2) is 4.89. The van der Waals surface area contributed by atoms with Crippen molar-refractivity contribution in [1.29, 1.82) is 0 Å². The summed E-state index contributed by atoms with van der Waals surface area (Å²) in [5.74, 6) is 0.353. The SMILES string of the molecule is Cn1nccc1NC(=O)c1cc(Br)ccc1Cl. The van der Waals surface area contributed by atoms with E-state index in [1.165, 1.54) is 0 Å². The number of carbonyl (C=O) groups excluding carboxylic acids is 1. The molecule has 0 aliphatic carbocycles. The van der Waals surface area contributed by atoms with Crippen molar-refractivity contribution >= 4 is 39.3 Å². The van der Waals surface area contributed by atoms with Gasteiger partial charge >= 0.3 is 0 Å². The Balaban J connectivity index is 2.26. The number of hydrogen-bond donors (Lipinski definition) is 1. The minimum atomic E-state index is -0.264. The molecule has 4 nitrogen and oxygen atoms in total. The van der Waals surface area contributed by atoms with E-state index < -0.39 is 0 Å². The average molecular weight is 315 g/mol. The molecule has 0 radical (unpaired) electrons. The second-order valence-electron chi connectivity index (χ2n) is 3.42. The molecule has 1 aromatic heterocycles. The number of anilines is 1. The number of halogens is 2. The third-order valence-corrected chi connectivity index (χ3v) is 3.06. The van der Waals surface area contributed by atoms with Crippen LogP contribution in [0.15, 0.2) is 34.9 Å². The van der Waals surface area contributed by atoms with Gasteiger partial charge in [-0.15, -0.1) is 0 Å². The highest BCUT2D eigenvalue weighted by molar-refractivity contribution is 9.10. The fourth-order valence-corrected chi connectivity index (χ4v) is 1.92. The lowest BCUT2D eigenvalue weighted by Gasteiger charge is -2.07. The molecule has 1 aromatic carbocycles. The molecule has 17 heavy (non-hydrogen) atoms. The normalized spacial score (nSPS) is 10.3. The zero-order valence-electron chi connectivity index (χ0n) is 8.95. The van der Waals surface area contributed by atoms with E-state index in [1.807, 2.05) is 0 Å². The summed E-state index contributed by atoms with van der Waals surface area (Å²) in [5.41, 5.74) is 0.419. The first kappa shape index (κ1) is 12.1. The first-order valence-electron chi connectivity index (χ1n) is 4.82. The molecule has 1 amide bonds. The van der Waals surface area contributed by atoms with Crippen molar-refractivity contribution in [2.24, 2.45) is 7.05 Å². The molecule has 0 spiro atoms. The Morgan fingerprint density at radius 2 is 2.24 bits per heavy atom. The van der Waals surface area contributed by atoms with Crippen LogP contribution >= 0.6 is 27.5 Å². The number of nitrogens with one attached hydrogen (secondary N) is 1. The molecule has 2 rings (SSSR count).